The van der Waals surface area contributed by atoms with Crippen molar-refractivity contribution in [2.75, 3.05) is 13.2 Å². The predicted molar refractivity (Wildman–Crippen MR) is 287 cm³/mol. The first-order valence-electron chi connectivity index (χ1n) is 27.7. The maximum absolute atomic E-state index is 12.0. The van der Waals surface area contributed by atoms with Crippen LogP contribution in [-0.4, -0.2) is 61.0 Å². The molecule has 0 aromatic heterocycles. The molecule has 69 heavy (non-hydrogen) atoms. The summed E-state index contributed by atoms with van der Waals surface area (Å²) >= 11 is 0. The van der Waals surface area contributed by atoms with Crippen molar-refractivity contribution in [3.05, 3.63) is 84.6 Å². The number of carboxylic acid groups (broad SMARTS) is 2. The van der Waals surface area contributed by atoms with Gasteiger partial charge in [0.15, 0.2) is 0 Å². The summed E-state index contributed by atoms with van der Waals surface area (Å²) in [6, 6.07) is 12.0. The van der Waals surface area contributed by atoms with Crippen molar-refractivity contribution in [3.8, 4) is 0 Å². The fourth-order valence-corrected chi connectivity index (χ4v) is 7.46. The Morgan fingerprint density at radius 1 is 0.348 bits per heavy atom. The van der Waals surface area contributed by atoms with Crippen LogP contribution in [0.25, 0.3) is 0 Å². The number of rotatable bonds is 40. The van der Waals surface area contributed by atoms with Gasteiger partial charge in [0.25, 0.3) is 0 Å². The molecule has 0 aliphatic heterocycles. The van der Waals surface area contributed by atoms with Crippen LogP contribution in [0.5, 0.6) is 0 Å². The van der Waals surface area contributed by atoms with Crippen LogP contribution in [-0.2, 0) is 9.47 Å². The van der Waals surface area contributed by atoms with Crippen LogP contribution in [0.15, 0.2) is 48.5 Å². The molecule has 0 aliphatic rings. The molecule has 0 atom stereocenters. The third-order valence-electron chi connectivity index (χ3n) is 11.9. The van der Waals surface area contributed by atoms with E-state index in [1.807, 2.05) is 0 Å². The van der Waals surface area contributed by atoms with Crippen LogP contribution >= 0.6 is 0 Å². The molecule has 8 nitrogen and oxygen atoms in total. The monoisotopic (exact) mass is 1070 g/mol. The maximum Gasteiger partial charge on any atom is 2.00 e. The summed E-state index contributed by atoms with van der Waals surface area (Å²) in [6.45, 7) is 16.6. The molecule has 0 aliphatic carbocycles. The first kappa shape index (κ1) is 70.4. The molecule has 0 saturated carbocycles. The Morgan fingerprint density at radius 3 is 0.725 bits per heavy atom. The first-order chi connectivity index (χ1) is 33.2. The first-order valence-corrected chi connectivity index (χ1v) is 27.7. The predicted octanol–water partition coefficient (Wildman–Crippen LogP) is 15.8. The van der Waals surface area contributed by atoms with Gasteiger partial charge in [-0.05, 0) is 25.0 Å². The molecule has 2 rings (SSSR count). The van der Waals surface area contributed by atoms with Gasteiger partial charge in [0.05, 0.1) is 36.3 Å². The Hall–Kier alpha value is -2.88. The van der Waals surface area contributed by atoms with E-state index in [1.54, 1.807) is 24.3 Å². The second-order valence-corrected chi connectivity index (χ2v) is 18.3. The Balaban J connectivity index is -0.00000108. The average molecular weight is 1070 g/mol. The molecule has 9 heteroatoms. The number of ether oxygens (including phenoxy) is 2. The summed E-state index contributed by atoms with van der Waals surface area (Å²) in [5, 5.41) is 22.1. The van der Waals surface area contributed by atoms with Crippen molar-refractivity contribution in [3.63, 3.8) is 0 Å². The largest absolute Gasteiger partial charge is 2.00 e. The molecule has 2 aromatic carbocycles. The number of hydrogen-bond acceptors (Lipinski definition) is 8. The normalized spacial score (nSPS) is 10.3. The third-order valence-corrected chi connectivity index (χ3v) is 11.9. The van der Waals surface area contributed by atoms with Crippen molar-refractivity contribution in [2.24, 2.45) is 0 Å². The van der Waals surface area contributed by atoms with E-state index in [2.05, 4.69) is 41.5 Å². The van der Waals surface area contributed by atoms with Crippen molar-refractivity contribution in [2.45, 2.75) is 259 Å². The average Bonchev–Trinajstić information content (AvgIpc) is 3.36. The van der Waals surface area contributed by atoms with Crippen molar-refractivity contribution in [1.29, 1.82) is 0 Å². The van der Waals surface area contributed by atoms with E-state index in [0.717, 1.165) is 51.4 Å². The van der Waals surface area contributed by atoms with E-state index in [-0.39, 0.29) is 46.2 Å². The fraction of sp³-hybridized carbons (Fsp3) is 0.700. The Bertz CT molecular complexity index is 1330. The molecule has 0 spiro atoms. The molecule has 0 unspecified atom stereocenters. The van der Waals surface area contributed by atoms with E-state index in [0.29, 0.717) is 13.2 Å². The number of carboxylic acids is 2. The van der Waals surface area contributed by atoms with Crippen molar-refractivity contribution >= 4 is 47.8 Å². The molecule has 392 valence electrons. The number of carbonyl (C=O) groups excluding carboxylic acids is 4. The molecule has 0 heterocycles. The molecule has 2 aromatic rings. The van der Waals surface area contributed by atoms with Gasteiger partial charge in [0, 0.05) is 11.1 Å². The number of aromatic carboxylic acids is 2. The summed E-state index contributed by atoms with van der Waals surface area (Å²) in [4.78, 5) is 46.1. The topological polar surface area (TPSA) is 133 Å². The molecule has 0 N–H and O–H groups in total. The summed E-state index contributed by atoms with van der Waals surface area (Å²) in [6.07, 6.45) is 46.1. The quantitative estimate of drug-likeness (QED) is 0.0366. The Kier molecular flexibility index (Phi) is 57.2. The Morgan fingerprint density at radius 2 is 0.536 bits per heavy atom. The molecule has 0 bridgehead atoms. The minimum Gasteiger partial charge on any atom is -0.545 e. The summed E-state index contributed by atoms with van der Waals surface area (Å²) < 4.78 is 10.4. The molecule has 0 fully saturated rings. The van der Waals surface area contributed by atoms with Crippen LogP contribution < -0.4 is 10.2 Å². The van der Waals surface area contributed by atoms with Gasteiger partial charge in [-0.25, -0.2) is 9.59 Å². The third kappa shape index (κ3) is 46.0. The van der Waals surface area contributed by atoms with E-state index < -0.39 is 23.9 Å². The minimum atomic E-state index is -1.36. The summed E-state index contributed by atoms with van der Waals surface area (Å²) in [5.41, 5.74) is -0.105. The van der Waals surface area contributed by atoms with Crippen LogP contribution in [0, 0.1) is 13.8 Å². The maximum atomic E-state index is 12.0. The number of carbonyl (C=O) groups is 4. The van der Waals surface area contributed by atoms with Gasteiger partial charge in [-0.1, -0.05) is 296 Å². The van der Waals surface area contributed by atoms with Crippen molar-refractivity contribution in [1.82, 2.24) is 0 Å². The number of unbranched alkanes of at least 4 members (excludes halogenated alkanes) is 32. The van der Waals surface area contributed by atoms with Gasteiger partial charge in [-0.2, -0.15) is 0 Å². The zero-order valence-corrected chi connectivity index (χ0v) is 47.5. The van der Waals surface area contributed by atoms with E-state index in [4.69, 9.17) is 9.47 Å². The molecule has 0 amide bonds. The van der Waals surface area contributed by atoms with Crippen LogP contribution in [0.3, 0.4) is 0 Å². The van der Waals surface area contributed by atoms with Gasteiger partial charge >= 0.3 is 35.8 Å². The molecular weight excluding hydrogens is 967 g/mol. The standard InChI is InChI=1S/2C26H42O4.2C4H9.Sn/c2*1-2-3-4-5-6-7-8-9-10-11-12-13-14-15-16-19-22-30-26(29)24-21-18-17-20-23(24)25(27)28;2*1-3-4-2;/h2*17-18,20-21H,2-16,19,22H2,1H3,(H,27,28);2*1,3-4H2,2H3;/q;;;;+2/p-2. The second kappa shape index (κ2) is 56.0. The van der Waals surface area contributed by atoms with E-state index >= 15 is 0 Å². The van der Waals surface area contributed by atoms with Gasteiger partial charge < -0.3 is 29.3 Å². The summed E-state index contributed by atoms with van der Waals surface area (Å²) in [7, 11) is 0. The van der Waals surface area contributed by atoms with Crippen LogP contribution in [0.2, 0.25) is 0 Å². The Labute approximate surface area is 441 Å². The van der Waals surface area contributed by atoms with Crippen molar-refractivity contribution < 1.29 is 38.9 Å². The fourth-order valence-electron chi connectivity index (χ4n) is 7.46. The van der Waals surface area contributed by atoms with Gasteiger partial charge in [-0.3, -0.25) is 0 Å². The molecular formula is C60H100O8Sn. The van der Waals surface area contributed by atoms with Gasteiger partial charge in [-0.15, -0.1) is 0 Å². The van der Waals surface area contributed by atoms with Gasteiger partial charge in [0.1, 0.15) is 0 Å². The van der Waals surface area contributed by atoms with Crippen LogP contribution in [0.1, 0.15) is 300 Å². The number of benzene rings is 2. The smallest absolute Gasteiger partial charge is 0.545 e. The SMILES string of the molecule is CCCCCCCCCCCCCCCCCCOC(=O)c1ccccc1C(=O)[O-].CCCCCCCCCCCCCCCCCCOC(=O)c1ccccc1C(=O)[O-].[CH2]CCC.[CH2]CCC.[Sn+2]. The second-order valence-electron chi connectivity index (χ2n) is 18.3. The molecule has 0 saturated heterocycles. The minimum absolute atomic E-state index is 0. The zero-order chi connectivity index (χ0) is 50.6. The van der Waals surface area contributed by atoms with Gasteiger partial charge in [0.2, 0.25) is 0 Å². The zero-order valence-electron chi connectivity index (χ0n) is 44.7. The van der Waals surface area contributed by atoms with E-state index in [1.165, 1.54) is 204 Å². The molecule has 4 radical (unpaired) electrons. The van der Waals surface area contributed by atoms with Crippen LogP contribution in [0.4, 0.5) is 0 Å². The summed E-state index contributed by atoms with van der Waals surface area (Å²) in [5.74, 6) is -3.89. The number of esters is 2. The van der Waals surface area contributed by atoms with E-state index in [9.17, 15) is 29.4 Å². The number of hydrogen-bond donors (Lipinski definition) is 0.